The Labute approximate surface area is 101 Å². The molecule has 1 saturated carbocycles. The Balaban J connectivity index is 1.96. The molecule has 4 N–H and O–H groups in total. The van der Waals surface area contributed by atoms with Crippen molar-refractivity contribution in [1.82, 2.24) is 0 Å². The zero-order valence-corrected chi connectivity index (χ0v) is 9.74. The van der Waals surface area contributed by atoms with Gasteiger partial charge >= 0.3 is 0 Å². The average molecular weight is 231 g/mol. The first-order valence-corrected chi connectivity index (χ1v) is 5.83. The van der Waals surface area contributed by atoms with E-state index in [4.69, 9.17) is 16.1 Å². The van der Waals surface area contributed by atoms with Crippen molar-refractivity contribution in [2.24, 2.45) is 5.41 Å². The van der Waals surface area contributed by atoms with Crippen molar-refractivity contribution in [2.75, 3.05) is 24.2 Å². The normalized spacial score (nSPS) is 16.2. The Hall–Kier alpha value is -1.73. The van der Waals surface area contributed by atoms with Gasteiger partial charge in [0.2, 0.25) is 0 Å². The summed E-state index contributed by atoms with van der Waals surface area (Å²) in [7, 11) is 0. The molecule has 0 bridgehead atoms. The highest BCUT2D eigenvalue weighted by Crippen LogP contribution is 2.48. The third kappa shape index (κ3) is 2.69. The van der Waals surface area contributed by atoms with Crippen LogP contribution in [0.15, 0.2) is 18.2 Å². The van der Waals surface area contributed by atoms with Gasteiger partial charge in [0.05, 0.1) is 11.3 Å². The van der Waals surface area contributed by atoms with Gasteiger partial charge in [-0.1, -0.05) is 0 Å². The first-order chi connectivity index (χ1) is 8.19. The van der Waals surface area contributed by atoms with Crippen LogP contribution in [0.3, 0.4) is 0 Å². The monoisotopic (exact) mass is 231 g/mol. The maximum atomic E-state index is 8.97. The molecule has 0 atom stereocenters. The van der Waals surface area contributed by atoms with Crippen LogP contribution in [0.5, 0.6) is 0 Å². The first-order valence-electron chi connectivity index (χ1n) is 5.83. The topological polar surface area (TPSA) is 82.1 Å². The van der Waals surface area contributed by atoms with Gasteiger partial charge in [0.1, 0.15) is 6.07 Å². The lowest BCUT2D eigenvalue weighted by atomic mass is 10.0. The van der Waals surface area contributed by atoms with E-state index in [1.54, 1.807) is 12.1 Å². The predicted molar refractivity (Wildman–Crippen MR) is 67.4 cm³/mol. The Bertz CT molecular complexity index is 446. The third-order valence-corrected chi connectivity index (χ3v) is 3.44. The molecule has 17 heavy (non-hydrogen) atoms. The number of nitrogens with one attached hydrogen (secondary N) is 1. The van der Waals surface area contributed by atoms with E-state index in [2.05, 4.69) is 5.32 Å². The number of anilines is 2. The van der Waals surface area contributed by atoms with Crippen molar-refractivity contribution < 1.29 is 5.11 Å². The predicted octanol–water partition coefficient (Wildman–Crippen LogP) is 1.71. The molecule has 4 nitrogen and oxygen atoms in total. The summed E-state index contributed by atoms with van der Waals surface area (Å²) in [4.78, 5) is 0. The summed E-state index contributed by atoms with van der Waals surface area (Å²) < 4.78 is 0. The molecule has 0 saturated heterocycles. The van der Waals surface area contributed by atoms with Gasteiger partial charge in [-0.15, -0.1) is 0 Å². The lowest BCUT2D eigenvalue weighted by Gasteiger charge is -2.15. The van der Waals surface area contributed by atoms with Crippen molar-refractivity contribution in [2.45, 2.75) is 19.3 Å². The minimum Gasteiger partial charge on any atom is -0.398 e. The highest BCUT2D eigenvalue weighted by molar-refractivity contribution is 5.62. The fourth-order valence-corrected chi connectivity index (χ4v) is 1.99. The first kappa shape index (κ1) is 11.7. The molecule has 0 heterocycles. The SMILES string of the molecule is N#Cc1ccc(NCC2(CCO)CC2)cc1N. The van der Waals surface area contributed by atoms with Crippen LogP contribution in [0, 0.1) is 16.7 Å². The summed E-state index contributed by atoms with van der Waals surface area (Å²) in [5.41, 5.74) is 7.96. The smallest absolute Gasteiger partial charge is 0.101 e. The maximum absolute atomic E-state index is 8.97. The molecule has 0 aromatic heterocycles. The van der Waals surface area contributed by atoms with Gasteiger partial charge in [-0.2, -0.15) is 5.26 Å². The van der Waals surface area contributed by atoms with Crippen molar-refractivity contribution in [3.8, 4) is 6.07 Å². The standard InChI is InChI=1S/C13H17N3O/c14-8-10-1-2-11(7-12(10)15)16-9-13(3-4-13)5-6-17/h1-2,7,16-17H,3-6,9,15H2. The van der Waals surface area contributed by atoms with Crippen molar-refractivity contribution >= 4 is 11.4 Å². The van der Waals surface area contributed by atoms with E-state index in [1.165, 1.54) is 12.8 Å². The molecule has 1 aliphatic carbocycles. The Morgan fingerprint density at radius 1 is 1.47 bits per heavy atom. The fraction of sp³-hybridized carbons (Fsp3) is 0.462. The fourth-order valence-electron chi connectivity index (χ4n) is 1.99. The molecule has 0 spiro atoms. The number of rotatable bonds is 5. The van der Waals surface area contributed by atoms with E-state index in [0.717, 1.165) is 18.7 Å². The van der Waals surface area contributed by atoms with E-state index in [0.29, 0.717) is 11.3 Å². The Morgan fingerprint density at radius 2 is 2.24 bits per heavy atom. The van der Waals surface area contributed by atoms with Crippen molar-refractivity contribution in [3.63, 3.8) is 0 Å². The van der Waals surface area contributed by atoms with Gasteiger partial charge in [0.15, 0.2) is 0 Å². The van der Waals surface area contributed by atoms with Crippen LogP contribution in [-0.2, 0) is 0 Å². The summed E-state index contributed by atoms with van der Waals surface area (Å²) in [5, 5.41) is 21.1. The number of hydrogen-bond acceptors (Lipinski definition) is 4. The average Bonchev–Trinajstić information content (AvgIpc) is 3.08. The minimum absolute atomic E-state index is 0.247. The molecular formula is C13H17N3O. The van der Waals surface area contributed by atoms with E-state index in [1.807, 2.05) is 12.1 Å². The van der Waals surface area contributed by atoms with E-state index < -0.39 is 0 Å². The van der Waals surface area contributed by atoms with Crippen LogP contribution in [-0.4, -0.2) is 18.3 Å². The number of nitrogens with zero attached hydrogens (tertiary/aromatic N) is 1. The zero-order valence-electron chi connectivity index (χ0n) is 9.74. The summed E-state index contributed by atoms with van der Waals surface area (Å²) in [6.07, 6.45) is 3.20. The van der Waals surface area contributed by atoms with Crippen molar-refractivity contribution in [3.05, 3.63) is 23.8 Å². The maximum Gasteiger partial charge on any atom is 0.101 e. The molecule has 1 aromatic carbocycles. The second kappa shape index (κ2) is 4.64. The molecule has 90 valence electrons. The largest absolute Gasteiger partial charge is 0.398 e. The number of nitriles is 1. The lowest BCUT2D eigenvalue weighted by Crippen LogP contribution is -2.16. The van der Waals surface area contributed by atoms with E-state index in [-0.39, 0.29) is 12.0 Å². The Morgan fingerprint density at radius 3 is 2.76 bits per heavy atom. The van der Waals surface area contributed by atoms with E-state index in [9.17, 15) is 0 Å². The van der Waals surface area contributed by atoms with Gasteiger partial charge < -0.3 is 16.2 Å². The quantitative estimate of drug-likeness (QED) is 0.674. The zero-order chi connectivity index (χ0) is 12.3. The van der Waals surface area contributed by atoms with Crippen LogP contribution in [0.2, 0.25) is 0 Å². The van der Waals surface area contributed by atoms with Gasteiger partial charge in [-0.25, -0.2) is 0 Å². The second-order valence-electron chi connectivity index (χ2n) is 4.74. The molecule has 2 rings (SSSR count). The number of benzene rings is 1. The minimum atomic E-state index is 0.247. The van der Waals surface area contributed by atoms with Crippen molar-refractivity contribution in [1.29, 1.82) is 5.26 Å². The third-order valence-electron chi connectivity index (χ3n) is 3.44. The van der Waals surface area contributed by atoms with Gasteiger partial charge in [0.25, 0.3) is 0 Å². The van der Waals surface area contributed by atoms with Crippen LogP contribution < -0.4 is 11.1 Å². The van der Waals surface area contributed by atoms with Gasteiger partial charge in [-0.3, -0.25) is 0 Å². The van der Waals surface area contributed by atoms with E-state index >= 15 is 0 Å². The molecule has 1 aromatic rings. The second-order valence-corrected chi connectivity index (χ2v) is 4.74. The summed E-state index contributed by atoms with van der Waals surface area (Å²) in [6.45, 7) is 1.11. The highest BCUT2D eigenvalue weighted by Gasteiger charge is 2.41. The number of hydrogen-bond donors (Lipinski definition) is 3. The van der Waals surface area contributed by atoms with Crippen LogP contribution in [0.1, 0.15) is 24.8 Å². The number of nitrogens with two attached hydrogens (primary N) is 1. The number of nitrogen functional groups attached to an aromatic ring is 1. The van der Waals surface area contributed by atoms with Crippen LogP contribution in [0.4, 0.5) is 11.4 Å². The number of aliphatic hydroxyl groups excluding tert-OH is 1. The molecular weight excluding hydrogens is 214 g/mol. The Kier molecular flexibility index (Phi) is 3.21. The summed E-state index contributed by atoms with van der Waals surface area (Å²) in [5.74, 6) is 0. The van der Waals surface area contributed by atoms with Gasteiger partial charge in [0, 0.05) is 18.8 Å². The number of aliphatic hydroxyl groups is 1. The molecule has 0 aliphatic heterocycles. The van der Waals surface area contributed by atoms with Crippen LogP contribution in [0.25, 0.3) is 0 Å². The molecule has 0 unspecified atom stereocenters. The molecule has 1 fully saturated rings. The summed E-state index contributed by atoms with van der Waals surface area (Å²) in [6, 6.07) is 7.42. The molecule has 1 aliphatic rings. The summed E-state index contributed by atoms with van der Waals surface area (Å²) >= 11 is 0. The van der Waals surface area contributed by atoms with Crippen LogP contribution >= 0.6 is 0 Å². The van der Waals surface area contributed by atoms with Gasteiger partial charge in [-0.05, 0) is 42.9 Å². The molecule has 4 heteroatoms. The molecule has 0 radical (unpaired) electrons. The highest BCUT2D eigenvalue weighted by atomic mass is 16.3. The molecule has 0 amide bonds. The lowest BCUT2D eigenvalue weighted by molar-refractivity contribution is 0.253.